The van der Waals surface area contributed by atoms with E-state index in [-0.39, 0.29) is 0 Å². The summed E-state index contributed by atoms with van der Waals surface area (Å²) >= 11 is 0. The van der Waals surface area contributed by atoms with Crippen molar-refractivity contribution in [3.05, 3.63) is 0 Å². The fourth-order valence-corrected chi connectivity index (χ4v) is 1.76. The van der Waals surface area contributed by atoms with E-state index in [2.05, 4.69) is 19.2 Å². The van der Waals surface area contributed by atoms with Crippen molar-refractivity contribution in [2.24, 2.45) is 0 Å². The number of nitrogens with zero attached hydrogens (tertiary/aromatic N) is 1. The molecular formula is C9H18N2O2. The average Bonchev–Trinajstić information content (AvgIpc) is 2.03. The van der Waals surface area contributed by atoms with E-state index in [0.29, 0.717) is 25.2 Å². The van der Waals surface area contributed by atoms with E-state index in [1.165, 1.54) is 4.90 Å². The SMILES string of the molecule is CC(C)N[C@H]1CCCN(C(=O)O)C1. The summed E-state index contributed by atoms with van der Waals surface area (Å²) in [6.07, 6.45) is 1.26. The van der Waals surface area contributed by atoms with E-state index < -0.39 is 6.09 Å². The van der Waals surface area contributed by atoms with Crippen LogP contribution in [0.3, 0.4) is 0 Å². The van der Waals surface area contributed by atoms with Crippen LogP contribution in [0, 0.1) is 0 Å². The molecule has 2 N–H and O–H groups in total. The van der Waals surface area contributed by atoms with Crippen molar-refractivity contribution < 1.29 is 9.90 Å². The second-order valence-corrected chi connectivity index (χ2v) is 3.89. The van der Waals surface area contributed by atoms with Gasteiger partial charge in [-0.05, 0) is 12.8 Å². The lowest BCUT2D eigenvalue weighted by Crippen LogP contribution is -2.49. The van der Waals surface area contributed by atoms with E-state index in [0.717, 1.165) is 12.8 Å². The molecule has 1 amide bonds. The summed E-state index contributed by atoms with van der Waals surface area (Å²) in [5.74, 6) is 0. The highest BCUT2D eigenvalue weighted by Crippen LogP contribution is 2.10. The number of hydrogen-bond donors (Lipinski definition) is 2. The van der Waals surface area contributed by atoms with Crippen molar-refractivity contribution in [3.63, 3.8) is 0 Å². The van der Waals surface area contributed by atoms with E-state index in [9.17, 15) is 4.79 Å². The third kappa shape index (κ3) is 3.22. The molecule has 1 fully saturated rings. The number of nitrogens with one attached hydrogen (secondary N) is 1. The number of hydrogen-bond acceptors (Lipinski definition) is 2. The van der Waals surface area contributed by atoms with Crippen LogP contribution in [0.5, 0.6) is 0 Å². The number of rotatable bonds is 2. The molecule has 0 aromatic rings. The molecule has 1 heterocycles. The highest BCUT2D eigenvalue weighted by molar-refractivity contribution is 5.65. The van der Waals surface area contributed by atoms with Gasteiger partial charge < -0.3 is 15.3 Å². The summed E-state index contributed by atoms with van der Waals surface area (Å²) in [4.78, 5) is 12.2. The summed E-state index contributed by atoms with van der Waals surface area (Å²) in [6.45, 7) is 5.48. The highest BCUT2D eigenvalue weighted by Gasteiger charge is 2.22. The zero-order chi connectivity index (χ0) is 9.84. The zero-order valence-corrected chi connectivity index (χ0v) is 8.29. The summed E-state index contributed by atoms with van der Waals surface area (Å²) < 4.78 is 0. The van der Waals surface area contributed by atoms with E-state index in [1.54, 1.807) is 0 Å². The summed E-state index contributed by atoms with van der Waals surface area (Å²) in [5, 5.41) is 12.1. The smallest absolute Gasteiger partial charge is 0.407 e. The van der Waals surface area contributed by atoms with E-state index in [4.69, 9.17) is 5.11 Å². The Hall–Kier alpha value is -0.770. The first-order valence-corrected chi connectivity index (χ1v) is 4.83. The Morgan fingerprint density at radius 3 is 2.85 bits per heavy atom. The lowest BCUT2D eigenvalue weighted by Gasteiger charge is -2.32. The van der Waals surface area contributed by atoms with E-state index in [1.807, 2.05) is 0 Å². The third-order valence-corrected chi connectivity index (χ3v) is 2.26. The van der Waals surface area contributed by atoms with Gasteiger partial charge in [0.2, 0.25) is 0 Å². The standard InChI is InChI=1S/C9H18N2O2/c1-7(2)10-8-4-3-5-11(6-8)9(12)13/h7-8,10H,3-6H2,1-2H3,(H,12,13)/t8-/m0/s1. The maximum Gasteiger partial charge on any atom is 0.407 e. The van der Waals surface area contributed by atoms with Gasteiger partial charge in [-0.2, -0.15) is 0 Å². The Morgan fingerprint density at radius 2 is 2.31 bits per heavy atom. The van der Waals surface area contributed by atoms with E-state index >= 15 is 0 Å². The molecule has 1 atom stereocenters. The van der Waals surface area contributed by atoms with Crippen molar-refractivity contribution in [1.29, 1.82) is 0 Å². The summed E-state index contributed by atoms with van der Waals surface area (Å²) in [6, 6.07) is 0.767. The predicted molar refractivity (Wildman–Crippen MR) is 50.9 cm³/mol. The molecule has 1 aliphatic heterocycles. The molecule has 0 spiro atoms. The molecular weight excluding hydrogens is 168 g/mol. The van der Waals surface area contributed by atoms with Crippen molar-refractivity contribution >= 4 is 6.09 Å². The molecule has 0 aromatic heterocycles. The van der Waals surface area contributed by atoms with Crippen LogP contribution in [0.4, 0.5) is 4.79 Å². The van der Waals surface area contributed by atoms with Crippen molar-refractivity contribution in [2.75, 3.05) is 13.1 Å². The number of amides is 1. The van der Waals surface area contributed by atoms with Gasteiger partial charge in [0.25, 0.3) is 0 Å². The monoisotopic (exact) mass is 186 g/mol. The van der Waals surface area contributed by atoms with Crippen LogP contribution in [0.15, 0.2) is 0 Å². The topological polar surface area (TPSA) is 52.6 Å². The van der Waals surface area contributed by atoms with Gasteiger partial charge in [-0.3, -0.25) is 0 Å². The van der Waals surface area contributed by atoms with Gasteiger partial charge in [-0.15, -0.1) is 0 Å². The fraction of sp³-hybridized carbons (Fsp3) is 0.889. The van der Waals surface area contributed by atoms with Crippen LogP contribution in [-0.2, 0) is 0 Å². The molecule has 0 bridgehead atoms. The molecule has 1 aliphatic rings. The Labute approximate surface area is 78.9 Å². The molecule has 0 saturated carbocycles. The number of carbonyl (C=O) groups is 1. The van der Waals surface area contributed by atoms with Crippen LogP contribution in [-0.4, -0.2) is 41.3 Å². The Kier molecular flexibility index (Phi) is 3.54. The van der Waals surface area contributed by atoms with Gasteiger partial charge in [-0.25, -0.2) is 4.79 Å². The van der Waals surface area contributed by atoms with Gasteiger partial charge in [-0.1, -0.05) is 13.8 Å². The second-order valence-electron chi connectivity index (χ2n) is 3.89. The Morgan fingerprint density at radius 1 is 1.62 bits per heavy atom. The quantitative estimate of drug-likeness (QED) is 0.679. The first-order chi connectivity index (χ1) is 6.09. The van der Waals surface area contributed by atoms with Crippen molar-refractivity contribution in [3.8, 4) is 0 Å². The van der Waals surface area contributed by atoms with Gasteiger partial charge in [0.05, 0.1) is 0 Å². The molecule has 4 nitrogen and oxygen atoms in total. The summed E-state index contributed by atoms with van der Waals surface area (Å²) in [5.41, 5.74) is 0. The van der Waals surface area contributed by atoms with Gasteiger partial charge in [0.1, 0.15) is 0 Å². The first-order valence-electron chi connectivity index (χ1n) is 4.83. The lowest BCUT2D eigenvalue weighted by atomic mass is 10.1. The first kappa shape index (κ1) is 10.3. The molecule has 76 valence electrons. The van der Waals surface area contributed by atoms with Crippen LogP contribution in [0.25, 0.3) is 0 Å². The normalized spacial score (nSPS) is 23.6. The molecule has 1 rings (SSSR count). The largest absolute Gasteiger partial charge is 0.465 e. The number of likely N-dealkylation sites (tertiary alicyclic amines) is 1. The number of piperidine rings is 1. The summed E-state index contributed by atoms with van der Waals surface area (Å²) in [7, 11) is 0. The van der Waals surface area contributed by atoms with Gasteiger partial charge in [0.15, 0.2) is 0 Å². The molecule has 0 aromatic carbocycles. The molecule has 1 saturated heterocycles. The minimum Gasteiger partial charge on any atom is -0.465 e. The minimum atomic E-state index is -0.796. The van der Waals surface area contributed by atoms with Gasteiger partial charge in [0, 0.05) is 25.2 Å². The lowest BCUT2D eigenvalue weighted by molar-refractivity contribution is 0.125. The predicted octanol–water partition coefficient (Wildman–Crippen LogP) is 1.13. The number of carboxylic acid groups (broad SMARTS) is 1. The van der Waals surface area contributed by atoms with Crippen LogP contribution in [0.1, 0.15) is 26.7 Å². The molecule has 0 aliphatic carbocycles. The third-order valence-electron chi connectivity index (χ3n) is 2.26. The van der Waals surface area contributed by atoms with Crippen LogP contribution >= 0.6 is 0 Å². The van der Waals surface area contributed by atoms with Crippen LogP contribution < -0.4 is 5.32 Å². The second kappa shape index (κ2) is 4.46. The Bertz CT molecular complexity index is 182. The van der Waals surface area contributed by atoms with Crippen molar-refractivity contribution in [1.82, 2.24) is 10.2 Å². The van der Waals surface area contributed by atoms with Crippen molar-refractivity contribution in [2.45, 2.75) is 38.8 Å². The maximum absolute atomic E-state index is 10.7. The molecule has 0 radical (unpaired) electrons. The fourth-order valence-electron chi connectivity index (χ4n) is 1.76. The Balaban J connectivity index is 2.37. The van der Waals surface area contributed by atoms with Crippen LogP contribution in [0.2, 0.25) is 0 Å². The molecule has 4 heteroatoms. The molecule has 13 heavy (non-hydrogen) atoms. The average molecular weight is 186 g/mol. The minimum absolute atomic E-state index is 0.338. The zero-order valence-electron chi connectivity index (χ0n) is 8.29. The maximum atomic E-state index is 10.7. The highest BCUT2D eigenvalue weighted by atomic mass is 16.4. The van der Waals surface area contributed by atoms with Gasteiger partial charge >= 0.3 is 6.09 Å². The molecule has 0 unspecified atom stereocenters.